The van der Waals surface area contributed by atoms with E-state index in [1.54, 1.807) is 19.1 Å². The molecule has 0 aliphatic rings. The minimum atomic E-state index is -0.621. The molecule has 2 rings (SSSR count). The number of rotatable bonds is 8. The van der Waals surface area contributed by atoms with Gasteiger partial charge in [-0.25, -0.2) is 0 Å². The molecule has 1 N–H and O–H groups in total. The summed E-state index contributed by atoms with van der Waals surface area (Å²) < 4.78 is 11.1. The maximum Gasteiger partial charge on any atom is 0.260 e. The molecule has 0 aromatic heterocycles. The van der Waals surface area contributed by atoms with E-state index in [9.17, 15) is 4.79 Å². The van der Waals surface area contributed by atoms with Crippen LogP contribution in [0.4, 0.5) is 0 Å². The largest absolute Gasteiger partial charge is 0.479 e. The molecule has 4 nitrogen and oxygen atoms in total. The molecular weight excluding hydrogens is 314 g/mol. The zero-order valence-corrected chi connectivity index (χ0v) is 13.8. The highest BCUT2D eigenvalue weighted by Crippen LogP contribution is 2.24. The highest BCUT2D eigenvalue weighted by Gasteiger charge is 2.15. The number of carbonyl (C=O) groups excluding carboxylic acids is 1. The molecule has 5 heteroatoms. The Morgan fingerprint density at radius 1 is 1.13 bits per heavy atom. The summed E-state index contributed by atoms with van der Waals surface area (Å²) in [5, 5.41) is 3.26. The van der Waals surface area contributed by atoms with Gasteiger partial charge in [0.1, 0.15) is 5.75 Å². The number of amides is 1. The lowest BCUT2D eigenvalue weighted by molar-refractivity contribution is -0.127. The lowest BCUT2D eigenvalue weighted by atomic mass is 10.2. The van der Waals surface area contributed by atoms with E-state index in [4.69, 9.17) is 21.1 Å². The first-order valence-electron chi connectivity index (χ1n) is 7.47. The molecule has 0 bridgehead atoms. The molecule has 1 unspecified atom stereocenters. The first-order valence-corrected chi connectivity index (χ1v) is 7.85. The number of carbonyl (C=O) groups is 1. The molecule has 0 aliphatic carbocycles. The number of halogens is 1. The van der Waals surface area contributed by atoms with Crippen molar-refractivity contribution in [3.8, 4) is 5.75 Å². The van der Waals surface area contributed by atoms with E-state index in [2.05, 4.69) is 5.32 Å². The van der Waals surface area contributed by atoms with Gasteiger partial charge in [0.05, 0.1) is 18.2 Å². The van der Waals surface area contributed by atoms with E-state index in [-0.39, 0.29) is 5.91 Å². The Labute approximate surface area is 141 Å². The maximum absolute atomic E-state index is 12.0. The van der Waals surface area contributed by atoms with Crippen LogP contribution in [0, 0.1) is 0 Å². The summed E-state index contributed by atoms with van der Waals surface area (Å²) in [6.07, 6.45) is -0.621. The Morgan fingerprint density at radius 2 is 1.83 bits per heavy atom. The normalized spacial score (nSPS) is 11.7. The Morgan fingerprint density at radius 3 is 2.57 bits per heavy atom. The summed E-state index contributed by atoms with van der Waals surface area (Å²) in [5.41, 5.74) is 1.11. The van der Waals surface area contributed by atoms with E-state index >= 15 is 0 Å². The molecule has 0 aliphatic heterocycles. The fraction of sp³-hybridized carbons (Fsp3) is 0.278. The van der Waals surface area contributed by atoms with Crippen LogP contribution in [-0.2, 0) is 16.1 Å². The van der Waals surface area contributed by atoms with Gasteiger partial charge in [-0.05, 0) is 24.6 Å². The second kappa shape index (κ2) is 9.18. The van der Waals surface area contributed by atoms with E-state index in [0.717, 1.165) is 5.56 Å². The Kier molecular flexibility index (Phi) is 6.91. The smallest absolute Gasteiger partial charge is 0.260 e. The molecule has 0 saturated carbocycles. The molecule has 0 saturated heterocycles. The van der Waals surface area contributed by atoms with Crippen LogP contribution < -0.4 is 10.1 Å². The minimum absolute atomic E-state index is 0.201. The van der Waals surface area contributed by atoms with Crippen LogP contribution in [0.15, 0.2) is 54.6 Å². The number of para-hydroxylation sites is 1. The standard InChI is InChI=1S/C18H20ClNO3/c1-14(23-17-10-6-5-9-16(17)19)18(21)20-11-12-22-13-15-7-3-2-4-8-15/h2-10,14H,11-13H2,1H3,(H,20,21). The van der Waals surface area contributed by atoms with Crippen LogP contribution in [0.5, 0.6) is 5.75 Å². The van der Waals surface area contributed by atoms with Crippen molar-refractivity contribution >= 4 is 17.5 Å². The second-order valence-electron chi connectivity index (χ2n) is 5.02. The maximum atomic E-state index is 12.0. The second-order valence-corrected chi connectivity index (χ2v) is 5.43. The van der Waals surface area contributed by atoms with Gasteiger partial charge in [-0.15, -0.1) is 0 Å². The van der Waals surface area contributed by atoms with Gasteiger partial charge in [0, 0.05) is 6.54 Å². The fourth-order valence-electron chi connectivity index (χ4n) is 1.94. The summed E-state index contributed by atoms with van der Waals surface area (Å²) in [7, 11) is 0. The lowest BCUT2D eigenvalue weighted by Crippen LogP contribution is -2.38. The van der Waals surface area contributed by atoms with E-state index in [1.165, 1.54) is 0 Å². The summed E-state index contributed by atoms with van der Waals surface area (Å²) in [6, 6.07) is 17.0. The van der Waals surface area contributed by atoms with E-state index in [0.29, 0.717) is 30.5 Å². The average molecular weight is 334 g/mol. The number of hydrogen-bond donors (Lipinski definition) is 1. The molecule has 1 atom stereocenters. The molecule has 23 heavy (non-hydrogen) atoms. The van der Waals surface area contributed by atoms with Gasteiger partial charge < -0.3 is 14.8 Å². The molecule has 0 spiro atoms. The number of ether oxygens (including phenoxy) is 2. The molecule has 0 fully saturated rings. The topological polar surface area (TPSA) is 47.6 Å². The molecule has 2 aromatic carbocycles. The Hall–Kier alpha value is -2.04. The summed E-state index contributed by atoms with van der Waals surface area (Å²) in [5.74, 6) is 0.297. The van der Waals surface area contributed by atoms with Gasteiger partial charge in [0.25, 0.3) is 5.91 Å². The fourth-order valence-corrected chi connectivity index (χ4v) is 2.12. The average Bonchev–Trinajstić information content (AvgIpc) is 2.57. The van der Waals surface area contributed by atoms with Crippen LogP contribution >= 0.6 is 11.6 Å². The van der Waals surface area contributed by atoms with Crippen molar-refractivity contribution in [3.63, 3.8) is 0 Å². The predicted octanol–water partition coefficient (Wildman–Crippen LogP) is 3.44. The van der Waals surface area contributed by atoms with Crippen LogP contribution in [0.2, 0.25) is 5.02 Å². The monoisotopic (exact) mass is 333 g/mol. The van der Waals surface area contributed by atoms with Gasteiger partial charge >= 0.3 is 0 Å². The minimum Gasteiger partial charge on any atom is -0.479 e. The van der Waals surface area contributed by atoms with Crippen molar-refractivity contribution in [2.45, 2.75) is 19.6 Å². The molecule has 0 heterocycles. The van der Waals surface area contributed by atoms with Crippen molar-refractivity contribution in [2.75, 3.05) is 13.2 Å². The molecular formula is C18H20ClNO3. The lowest BCUT2D eigenvalue weighted by Gasteiger charge is -2.15. The van der Waals surface area contributed by atoms with Crippen molar-refractivity contribution in [3.05, 3.63) is 65.2 Å². The summed E-state index contributed by atoms with van der Waals surface area (Å²) in [4.78, 5) is 12.0. The first-order chi connectivity index (χ1) is 11.2. The van der Waals surface area contributed by atoms with E-state index in [1.807, 2.05) is 42.5 Å². The third-order valence-electron chi connectivity index (χ3n) is 3.17. The SMILES string of the molecule is CC(Oc1ccccc1Cl)C(=O)NCCOCc1ccccc1. The van der Waals surface area contributed by atoms with Crippen LogP contribution in [0.3, 0.4) is 0 Å². The van der Waals surface area contributed by atoms with Crippen LogP contribution in [-0.4, -0.2) is 25.2 Å². The third-order valence-corrected chi connectivity index (χ3v) is 3.48. The third kappa shape index (κ3) is 5.93. The van der Waals surface area contributed by atoms with Gasteiger partial charge in [0.15, 0.2) is 6.10 Å². The zero-order valence-electron chi connectivity index (χ0n) is 13.0. The van der Waals surface area contributed by atoms with Crippen molar-refractivity contribution in [2.24, 2.45) is 0 Å². The number of nitrogens with one attached hydrogen (secondary N) is 1. The van der Waals surface area contributed by atoms with Gasteiger partial charge in [0.2, 0.25) is 0 Å². The van der Waals surface area contributed by atoms with Crippen LogP contribution in [0.25, 0.3) is 0 Å². The zero-order chi connectivity index (χ0) is 16.5. The van der Waals surface area contributed by atoms with Gasteiger partial charge in [-0.2, -0.15) is 0 Å². The van der Waals surface area contributed by atoms with Crippen molar-refractivity contribution in [1.82, 2.24) is 5.32 Å². The summed E-state index contributed by atoms with van der Waals surface area (Å²) in [6.45, 7) is 3.09. The van der Waals surface area contributed by atoms with Crippen LogP contribution in [0.1, 0.15) is 12.5 Å². The number of benzene rings is 2. The predicted molar refractivity (Wildman–Crippen MR) is 90.6 cm³/mol. The number of hydrogen-bond acceptors (Lipinski definition) is 3. The Bertz CT molecular complexity index is 619. The highest BCUT2D eigenvalue weighted by atomic mass is 35.5. The van der Waals surface area contributed by atoms with Crippen molar-refractivity contribution in [1.29, 1.82) is 0 Å². The van der Waals surface area contributed by atoms with Gasteiger partial charge in [-0.1, -0.05) is 54.1 Å². The van der Waals surface area contributed by atoms with Gasteiger partial charge in [-0.3, -0.25) is 4.79 Å². The molecule has 1 amide bonds. The quantitative estimate of drug-likeness (QED) is 0.753. The highest BCUT2D eigenvalue weighted by molar-refractivity contribution is 6.32. The molecule has 0 radical (unpaired) electrons. The molecule has 122 valence electrons. The van der Waals surface area contributed by atoms with Crippen molar-refractivity contribution < 1.29 is 14.3 Å². The molecule has 2 aromatic rings. The Balaban J connectivity index is 1.65. The first kappa shape index (κ1) is 17.3. The summed E-state index contributed by atoms with van der Waals surface area (Å²) >= 11 is 6.00. The van der Waals surface area contributed by atoms with E-state index < -0.39 is 6.10 Å².